The van der Waals surface area contributed by atoms with Crippen LogP contribution in [0.5, 0.6) is 0 Å². The largest absolute Gasteiger partial charge is 0.355 e. The van der Waals surface area contributed by atoms with E-state index in [9.17, 15) is 0 Å². The molecule has 3 nitrogen and oxygen atoms in total. The summed E-state index contributed by atoms with van der Waals surface area (Å²) in [6.45, 7) is 2.86. The van der Waals surface area contributed by atoms with Crippen LogP contribution in [0.15, 0.2) is 96.0 Å². The monoisotopic (exact) mass is 447 g/mol. The van der Waals surface area contributed by atoms with Crippen molar-refractivity contribution in [2.75, 3.05) is 10.2 Å². The van der Waals surface area contributed by atoms with Crippen LogP contribution in [0.1, 0.15) is 11.1 Å². The van der Waals surface area contributed by atoms with E-state index >= 15 is 0 Å². The molecule has 0 radical (unpaired) electrons. The summed E-state index contributed by atoms with van der Waals surface area (Å²) in [6, 6.07) is 31.7. The highest BCUT2D eigenvalue weighted by Gasteiger charge is 2.17. The Labute approximate surface area is 198 Å². The molecule has 0 saturated carbocycles. The molecule has 0 amide bonds. The third-order valence-corrected chi connectivity index (χ3v) is 6.51. The Balaban J connectivity index is 1.46. The predicted molar refractivity (Wildman–Crippen MR) is 142 cm³/mol. The number of hydrogen-bond acceptors (Lipinski definition) is 3. The summed E-state index contributed by atoms with van der Waals surface area (Å²) in [6.07, 6.45) is 1.91. The molecule has 5 aromatic rings. The van der Waals surface area contributed by atoms with Crippen molar-refractivity contribution >= 4 is 62.2 Å². The average molecular weight is 448 g/mol. The Morgan fingerprint density at radius 1 is 0.818 bits per heavy atom. The first-order valence-corrected chi connectivity index (χ1v) is 11.4. The van der Waals surface area contributed by atoms with Gasteiger partial charge in [0.15, 0.2) is 0 Å². The van der Waals surface area contributed by atoms with Crippen molar-refractivity contribution in [1.29, 1.82) is 0 Å². The molecule has 0 aromatic heterocycles. The molecule has 160 valence electrons. The zero-order valence-corrected chi connectivity index (χ0v) is 19.0. The topological polar surface area (TPSA) is 27.6 Å². The molecule has 0 unspecified atom stereocenters. The summed E-state index contributed by atoms with van der Waals surface area (Å²) >= 11 is 6.09. The quantitative estimate of drug-likeness (QED) is 0.281. The molecule has 1 N–H and O–H groups in total. The van der Waals surface area contributed by atoms with E-state index in [0.717, 1.165) is 34.3 Å². The van der Waals surface area contributed by atoms with Crippen molar-refractivity contribution < 1.29 is 0 Å². The van der Waals surface area contributed by atoms with E-state index in [1.807, 2.05) is 30.6 Å². The number of hydrogen-bond donors (Lipinski definition) is 1. The summed E-state index contributed by atoms with van der Waals surface area (Å²) < 4.78 is 0. The second-order valence-corrected chi connectivity index (χ2v) is 8.94. The molecule has 0 fully saturated rings. The number of aryl methyl sites for hydroxylation is 1. The fourth-order valence-electron chi connectivity index (χ4n) is 4.47. The number of fused-ring (bicyclic) bond motifs is 4. The Bertz CT molecular complexity index is 1520. The lowest BCUT2D eigenvalue weighted by Gasteiger charge is -2.26. The van der Waals surface area contributed by atoms with Gasteiger partial charge in [0.05, 0.1) is 18.6 Å². The molecule has 1 heterocycles. The van der Waals surface area contributed by atoms with Crippen LogP contribution < -0.4 is 10.2 Å². The Hall–Kier alpha value is -3.82. The number of benzene rings is 5. The minimum atomic E-state index is 0.735. The fourth-order valence-corrected chi connectivity index (χ4v) is 4.60. The number of aliphatic imine (C=N–C) groups is 1. The highest BCUT2D eigenvalue weighted by molar-refractivity contribution is 6.30. The first kappa shape index (κ1) is 19.8. The van der Waals surface area contributed by atoms with Crippen LogP contribution in [0, 0.1) is 6.92 Å². The molecule has 0 atom stereocenters. The maximum atomic E-state index is 6.09. The van der Waals surface area contributed by atoms with Gasteiger partial charge < -0.3 is 10.2 Å². The molecule has 4 heteroatoms. The van der Waals surface area contributed by atoms with Gasteiger partial charge in [-0.3, -0.25) is 0 Å². The smallest absolute Gasteiger partial charge is 0.0960 e. The van der Waals surface area contributed by atoms with Crippen molar-refractivity contribution in [1.82, 2.24) is 0 Å². The summed E-state index contributed by atoms with van der Waals surface area (Å²) in [5.41, 5.74) is 6.77. The van der Waals surface area contributed by atoms with Gasteiger partial charge in [0.1, 0.15) is 0 Å². The highest BCUT2D eigenvalue weighted by Crippen LogP contribution is 2.37. The summed E-state index contributed by atoms with van der Waals surface area (Å²) in [5.74, 6) is 0. The van der Waals surface area contributed by atoms with E-state index in [-0.39, 0.29) is 0 Å². The predicted octanol–water partition coefficient (Wildman–Crippen LogP) is 8.38. The third kappa shape index (κ3) is 3.71. The Morgan fingerprint density at radius 2 is 1.61 bits per heavy atom. The molecular formula is C29H22ClN3. The summed E-state index contributed by atoms with van der Waals surface area (Å²) in [7, 11) is 0. The lowest BCUT2D eigenvalue weighted by Crippen LogP contribution is -2.23. The summed E-state index contributed by atoms with van der Waals surface area (Å²) in [4.78, 5) is 6.92. The standard InChI is InChI=1S/C29H22ClN3/c1-19-5-10-23(11-6-19)32-29-4-2-3-20-15-21-7-14-28-27(25(21)16-26(20)29)17-33(18-31-28)24-12-8-22(30)9-13-24/h2-16,18,32H,17H2,1H3. The van der Waals surface area contributed by atoms with Crippen molar-refractivity contribution in [3.8, 4) is 0 Å². The van der Waals surface area contributed by atoms with Gasteiger partial charge in [-0.05, 0) is 83.7 Å². The maximum Gasteiger partial charge on any atom is 0.0960 e. The molecule has 1 aliphatic heterocycles. The van der Waals surface area contributed by atoms with Gasteiger partial charge in [0, 0.05) is 33.0 Å². The van der Waals surface area contributed by atoms with Crippen LogP contribution in [0.3, 0.4) is 0 Å². The van der Waals surface area contributed by atoms with Crippen molar-refractivity contribution in [3.63, 3.8) is 0 Å². The maximum absolute atomic E-state index is 6.09. The Kier molecular flexibility index (Phi) is 4.78. The van der Waals surface area contributed by atoms with Gasteiger partial charge in [-0.1, -0.05) is 47.5 Å². The second kappa shape index (κ2) is 7.95. The first-order chi connectivity index (χ1) is 16.1. The van der Waals surface area contributed by atoms with Gasteiger partial charge in [0.2, 0.25) is 0 Å². The molecule has 0 bridgehead atoms. The molecule has 0 saturated heterocycles. The van der Waals surface area contributed by atoms with E-state index < -0.39 is 0 Å². The van der Waals surface area contributed by atoms with Crippen molar-refractivity contribution in [3.05, 3.63) is 107 Å². The van der Waals surface area contributed by atoms with E-state index in [0.29, 0.717) is 0 Å². The number of anilines is 3. The molecule has 1 aliphatic rings. The van der Waals surface area contributed by atoms with Crippen LogP contribution >= 0.6 is 11.6 Å². The van der Waals surface area contributed by atoms with E-state index in [2.05, 4.69) is 83.9 Å². The SMILES string of the molecule is Cc1ccc(Nc2cccc3cc4ccc5c(c4cc23)CN(c2ccc(Cl)cc2)C=N5)cc1. The lowest BCUT2D eigenvalue weighted by atomic mass is 9.96. The van der Waals surface area contributed by atoms with Crippen LogP contribution in [0.2, 0.25) is 5.02 Å². The van der Waals surface area contributed by atoms with Crippen LogP contribution in [0.25, 0.3) is 21.5 Å². The zero-order valence-electron chi connectivity index (χ0n) is 18.2. The molecule has 0 aliphatic carbocycles. The lowest BCUT2D eigenvalue weighted by molar-refractivity contribution is 1.01. The molecule has 5 aromatic carbocycles. The van der Waals surface area contributed by atoms with Gasteiger partial charge in [0.25, 0.3) is 0 Å². The number of nitrogens with zero attached hydrogens (tertiary/aromatic N) is 2. The minimum absolute atomic E-state index is 0.735. The van der Waals surface area contributed by atoms with Gasteiger partial charge in [-0.2, -0.15) is 0 Å². The summed E-state index contributed by atoms with van der Waals surface area (Å²) in [5, 5.41) is 9.21. The molecule has 6 rings (SSSR count). The normalized spacial score (nSPS) is 12.8. The van der Waals surface area contributed by atoms with Gasteiger partial charge in [-0.25, -0.2) is 4.99 Å². The number of halogens is 1. The van der Waals surface area contributed by atoms with Crippen LogP contribution in [-0.2, 0) is 6.54 Å². The molecular weight excluding hydrogens is 426 g/mol. The third-order valence-electron chi connectivity index (χ3n) is 6.26. The number of rotatable bonds is 3. The molecule has 33 heavy (non-hydrogen) atoms. The fraction of sp³-hybridized carbons (Fsp3) is 0.0690. The first-order valence-electron chi connectivity index (χ1n) is 11.0. The number of nitrogens with one attached hydrogen (secondary N) is 1. The average Bonchev–Trinajstić information content (AvgIpc) is 2.84. The van der Waals surface area contributed by atoms with Crippen molar-refractivity contribution in [2.45, 2.75) is 13.5 Å². The van der Waals surface area contributed by atoms with Gasteiger partial charge in [-0.15, -0.1) is 0 Å². The van der Waals surface area contributed by atoms with Gasteiger partial charge >= 0.3 is 0 Å². The van der Waals surface area contributed by atoms with Crippen LogP contribution in [-0.4, -0.2) is 6.34 Å². The van der Waals surface area contributed by atoms with Crippen molar-refractivity contribution in [2.24, 2.45) is 4.99 Å². The highest BCUT2D eigenvalue weighted by atomic mass is 35.5. The zero-order chi connectivity index (χ0) is 22.4. The van der Waals surface area contributed by atoms with E-state index in [1.165, 1.54) is 32.7 Å². The van der Waals surface area contributed by atoms with E-state index in [1.54, 1.807) is 0 Å². The van der Waals surface area contributed by atoms with E-state index in [4.69, 9.17) is 16.6 Å². The van der Waals surface area contributed by atoms with Crippen LogP contribution in [0.4, 0.5) is 22.7 Å². The molecule has 0 spiro atoms. The second-order valence-electron chi connectivity index (χ2n) is 8.50. The minimum Gasteiger partial charge on any atom is -0.355 e. The Morgan fingerprint density at radius 3 is 2.42 bits per heavy atom.